The number of ether oxygens (including phenoxy) is 4. The number of hydrogen-bond acceptors (Lipinski definition) is 9. The maximum absolute atomic E-state index is 11.5. The lowest BCUT2D eigenvalue weighted by Crippen LogP contribution is -2.21. The second-order valence-corrected chi connectivity index (χ2v) is 8.47. The van der Waals surface area contributed by atoms with E-state index in [2.05, 4.69) is 14.7 Å². The Labute approximate surface area is 178 Å². The van der Waals surface area contributed by atoms with Crippen LogP contribution in [0.3, 0.4) is 0 Å². The third-order valence-corrected chi connectivity index (χ3v) is 6.61. The first-order chi connectivity index (χ1) is 13.9. The standard InChI is InChI=1S/C20H24N2O5S2/c1-12(16(25-4)8-17(23)26-5)15(24-3)7-6-13-9-28-18(21-13)14-10-29-19(22-14)20(2)11-27-20/h6-10,12,15H,11H2,1-5H3/b7-6+,16-8+. The molecule has 3 rings (SSSR count). The van der Waals surface area contributed by atoms with Gasteiger partial charge in [0.15, 0.2) is 0 Å². The van der Waals surface area contributed by atoms with Crippen molar-refractivity contribution >= 4 is 34.7 Å². The van der Waals surface area contributed by atoms with Crippen molar-refractivity contribution in [2.75, 3.05) is 27.9 Å². The minimum atomic E-state index is -0.468. The van der Waals surface area contributed by atoms with Crippen molar-refractivity contribution in [1.82, 2.24) is 9.97 Å². The number of epoxide rings is 1. The molecule has 0 aliphatic carbocycles. The van der Waals surface area contributed by atoms with Gasteiger partial charge in [-0.25, -0.2) is 14.8 Å². The third kappa shape index (κ3) is 5.11. The Morgan fingerprint density at radius 2 is 2.00 bits per heavy atom. The molecule has 1 aliphatic rings. The molecule has 9 heteroatoms. The van der Waals surface area contributed by atoms with Crippen LogP contribution in [0.5, 0.6) is 0 Å². The predicted octanol–water partition coefficient (Wildman–Crippen LogP) is 3.88. The van der Waals surface area contributed by atoms with Gasteiger partial charge in [-0.1, -0.05) is 13.0 Å². The molecule has 0 saturated carbocycles. The monoisotopic (exact) mass is 436 g/mol. The minimum absolute atomic E-state index is 0.182. The highest BCUT2D eigenvalue weighted by Crippen LogP contribution is 2.41. The van der Waals surface area contributed by atoms with Crippen molar-refractivity contribution in [2.24, 2.45) is 5.92 Å². The van der Waals surface area contributed by atoms with Gasteiger partial charge in [-0.3, -0.25) is 0 Å². The average molecular weight is 437 g/mol. The molecule has 29 heavy (non-hydrogen) atoms. The summed E-state index contributed by atoms with van der Waals surface area (Å²) >= 11 is 3.14. The number of methoxy groups -OCH3 is 3. The molecule has 1 fully saturated rings. The summed E-state index contributed by atoms with van der Waals surface area (Å²) < 4.78 is 21.0. The zero-order valence-electron chi connectivity index (χ0n) is 17.0. The molecule has 0 aromatic carbocycles. The number of carbonyl (C=O) groups excluding carboxylic acids is 1. The van der Waals surface area contributed by atoms with Gasteiger partial charge in [0.1, 0.15) is 27.1 Å². The van der Waals surface area contributed by atoms with E-state index in [0.717, 1.165) is 28.0 Å². The summed E-state index contributed by atoms with van der Waals surface area (Å²) in [5.74, 6) is -0.165. The predicted molar refractivity (Wildman–Crippen MR) is 113 cm³/mol. The van der Waals surface area contributed by atoms with Crippen LogP contribution < -0.4 is 0 Å². The molecule has 3 heterocycles. The summed E-state index contributed by atoms with van der Waals surface area (Å²) in [5.41, 5.74) is 1.46. The molecule has 1 saturated heterocycles. The molecule has 156 valence electrons. The topological polar surface area (TPSA) is 83.1 Å². The lowest BCUT2D eigenvalue weighted by Gasteiger charge is -2.21. The summed E-state index contributed by atoms with van der Waals surface area (Å²) in [4.78, 5) is 20.8. The van der Waals surface area contributed by atoms with Crippen molar-refractivity contribution in [3.8, 4) is 10.7 Å². The van der Waals surface area contributed by atoms with Gasteiger partial charge < -0.3 is 18.9 Å². The van der Waals surface area contributed by atoms with Crippen LogP contribution in [0, 0.1) is 5.92 Å². The molecule has 0 spiro atoms. The lowest BCUT2D eigenvalue weighted by atomic mass is 10.0. The van der Waals surface area contributed by atoms with Gasteiger partial charge in [-0.2, -0.15) is 0 Å². The molecular weight excluding hydrogens is 412 g/mol. The Morgan fingerprint density at radius 1 is 1.24 bits per heavy atom. The molecule has 0 radical (unpaired) electrons. The van der Waals surface area contributed by atoms with Gasteiger partial charge in [0.05, 0.1) is 38.7 Å². The molecule has 0 amide bonds. The highest BCUT2D eigenvalue weighted by Gasteiger charge is 2.44. The zero-order valence-corrected chi connectivity index (χ0v) is 18.6. The van der Waals surface area contributed by atoms with E-state index >= 15 is 0 Å². The van der Waals surface area contributed by atoms with Crippen LogP contribution >= 0.6 is 22.7 Å². The van der Waals surface area contributed by atoms with Crippen molar-refractivity contribution in [3.63, 3.8) is 0 Å². The number of carbonyl (C=O) groups is 1. The molecule has 2 aromatic rings. The number of thiazole rings is 2. The quantitative estimate of drug-likeness (QED) is 0.255. The molecule has 7 nitrogen and oxygen atoms in total. The van der Waals surface area contributed by atoms with Crippen LogP contribution in [-0.4, -0.2) is 50.0 Å². The van der Waals surface area contributed by atoms with Crippen LogP contribution in [0.2, 0.25) is 0 Å². The van der Waals surface area contributed by atoms with E-state index in [0.29, 0.717) is 5.76 Å². The van der Waals surface area contributed by atoms with E-state index in [4.69, 9.17) is 14.2 Å². The Hall–Kier alpha value is -2.07. The van der Waals surface area contributed by atoms with E-state index in [1.165, 1.54) is 31.6 Å². The fraction of sp³-hybridized carbons (Fsp3) is 0.450. The number of nitrogens with zero attached hydrogens (tertiary/aromatic N) is 2. The van der Waals surface area contributed by atoms with Gasteiger partial charge in [0, 0.05) is 23.8 Å². The number of hydrogen-bond donors (Lipinski definition) is 0. The highest BCUT2D eigenvalue weighted by molar-refractivity contribution is 7.14. The van der Waals surface area contributed by atoms with E-state index in [9.17, 15) is 4.79 Å². The molecule has 3 unspecified atom stereocenters. The van der Waals surface area contributed by atoms with E-state index < -0.39 is 5.97 Å². The Balaban J connectivity index is 1.70. The maximum atomic E-state index is 11.5. The number of rotatable bonds is 9. The third-order valence-electron chi connectivity index (χ3n) is 4.64. The van der Waals surface area contributed by atoms with Crippen LogP contribution in [-0.2, 0) is 29.3 Å². The first-order valence-corrected chi connectivity index (χ1v) is 10.8. The highest BCUT2D eigenvalue weighted by atomic mass is 32.1. The van der Waals surface area contributed by atoms with Gasteiger partial charge >= 0.3 is 5.97 Å². The Bertz CT molecular complexity index is 914. The first kappa shape index (κ1) is 21.6. The molecule has 3 atom stereocenters. The van der Waals surface area contributed by atoms with Crippen LogP contribution in [0.4, 0.5) is 0 Å². The van der Waals surface area contributed by atoms with Gasteiger partial charge in [0.25, 0.3) is 0 Å². The van der Waals surface area contributed by atoms with Gasteiger partial charge in [-0.05, 0) is 13.0 Å². The van der Waals surface area contributed by atoms with Gasteiger partial charge in [-0.15, -0.1) is 22.7 Å². The molecular formula is C20H24N2O5S2. The molecule has 0 N–H and O–H groups in total. The fourth-order valence-corrected chi connectivity index (χ4v) is 4.41. The molecule has 2 aromatic heterocycles. The second kappa shape index (κ2) is 9.17. The van der Waals surface area contributed by atoms with Crippen molar-refractivity contribution in [3.05, 3.63) is 39.4 Å². The SMILES string of the molecule is COC(=O)/C=C(/OC)C(C)C(/C=C/c1csc(-c2csc(C3(C)CO3)n2)n1)OC. The van der Waals surface area contributed by atoms with Crippen LogP contribution in [0.15, 0.2) is 28.7 Å². The largest absolute Gasteiger partial charge is 0.500 e. The smallest absolute Gasteiger partial charge is 0.333 e. The van der Waals surface area contributed by atoms with Crippen molar-refractivity contribution in [1.29, 1.82) is 0 Å². The summed E-state index contributed by atoms with van der Waals surface area (Å²) in [5, 5.41) is 5.83. The lowest BCUT2D eigenvalue weighted by molar-refractivity contribution is -0.135. The second-order valence-electron chi connectivity index (χ2n) is 6.76. The van der Waals surface area contributed by atoms with Crippen LogP contribution in [0.1, 0.15) is 24.5 Å². The van der Waals surface area contributed by atoms with E-state index in [1.54, 1.807) is 18.4 Å². The summed E-state index contributed by atoms with van der Waals surface area (Å²) in [6.07, 6.45) is 4.83. The Kier molecular flexibility index (Phi) is 6.84. The summed E-state index contributed by atoms with van der Waals surface area (Å²) in [6.45, 7) is 4.68. The van der Waals surface area contributed by atoms with E-state index in [1.807, 2.05) is 36.8 Å². The first-order valence-electron chi connectivity index (χ1n) is 9.00. The summed E-state index contributed by atoms with van der Waals surface area (Å²) in [7, 11) is 4.46. The van der Waals surface area contributed by atoms with Crippen LogP contribution in [0.25, 0.3) is 16.8 Å². The number of esters is 1. The van der Waals surface area contributed by atoms with Crippen molar-refractivity contribution in [2.45, 2.75) is 25.6 Å². The Morgan fingerprint density at radius 3 is 2.62 bits per heavy atom. The molecule has 1 aliphatic heterocycles. The summed E-state index contributed by atoms with van der Waals surface area (Å²) in [6, 6.07) is 0. The number of aromatic nitrogens is 2. The fourth-order valence-electron chi connectivity index (χ4n) is 2.68. The van der Waals surface area contributed by atoms with Gasteiger partial charge in [0.2, 0.25) is 0 Å². The van der Waals surface area contributed by atoms with Crippen molar-refractivity contribution < 1.29 is 23.7 Å². The minimum Gasteiger partial charge on any atom is -0.500 e. The normalized spacial score (nSPS) is 21.2. The maximum Gasteiger partial charge on any atom is 0.333 e. The van der Waals surface area contributed by atoms with E-state index in [-0.39, 0.29) is 17.6 Å². The average Bonchev–Trinajstić information content (AvgIpc) is 3.14. The molecule has 0 bridgehead atoms. The zero-order chi connectivity index (χ0) is 21.0.